The van der Waals surface area contributed by atoms with Gasteiger partial charge in [-0.1, -0.05) is 29.8 Å². The van der Waals surface area contributed by atoms with Gasteiger partial charge >= 0.3 is 5.97 Å². The number of nitrogens with one attached hydrogen (secondary N) is 2. The van der Waals surface area contributed by atoms with Crippen molar-refractivity contribution in [1.29, 1.82) is 0 Å². The highest BCUT2D eigenvalue weighted by atomic mass is 35.5. The summed E-state index contributed by atoms with van der Waals surface area (Å²) >= 11 is 5.68. The zero-order chi connectivity index (χ0) is 20.0. The third-order valence-electron chi connectivity index (χ3n) is 3.71. The molecule has 0 saturated heterocycles. The van der Waals surface area contributed by atoms with E-state index in [0.717, 1.165) is 11.1 Å². The third-order valence-corrected chi connectivity index (χ3v) is 3.94. The lowest BCUT2D eigenvalue weighted by Crippen LogP contribution is -2.35. The van der Waals surface area contributed by atoms with Crippen LogP contribution in [-0.4, -0.2) is 36.0 Å². The molecule has 0 aromatic heterocycles. The summed E-state index contributed by atoms with van der Waals surface area (Å²) in [5.41, 5.74) is 2.40. The second kappa shape index (κ2) is 9.05. The number of aryl methyl sites for hydroxylation is 2. The van der Waals surface area contributed by atoms with Crippen molar-refractivity contribution >= 4 is 35.1 Å². The largest absolute Gasteiger partial charge is 0.507 e. The SMILES string of the molecule is Cc1cccc(C)c1NC(=O)CNC(=O)COC(=O)c1ccc(Cl)cc1O. The van der Waals surface area contributed by atoms with Gasteiger partial charge in [-0.15, -0.1) is 0 Å². The summed E-state index contributed by atoms with van der Waals surface area (Å²) in [5, 5.41) is 15.0. The van der Waals surface area contributed by atoms with Crippen molar-refractivity contribution in [3.8, 4) is 5.75 Å². The molecule has 2 aromatic carbocycles. The Morgan fingerprint density at radius 1 is 1.07 bits per heavy atom. The molecule has 27 heavy (non-hydrogen) atoms. The van der Waals surface area contributed by atoms with Gasteiger partial charge in [0.05, 0.1) is 6.54 Å². The Labute approximate surface area is 161 Å². The Morgan fingerprint density at radius 3 is 2.37 bits per heavy atom. The molecule has 2 aromatic rings. The van der Waals surface area contributed by atoms with Gasteiger partial charge in [0.1, 0.15) is 11.3 Å². The second-order valence-electron chi connectivity index (χ2n) is 5.83. The van der Waals surface area contributed by atoms with Crippen molar-refractivity contribution in [2.45, 2.75) is 13.8 Å². The van der Waals surface area contributed by atoms with E-state index >= 15 is 0 Å². The molecule has 0 unspecified atom stereocenters. The smallest absolute Gasteiger partial charge is 0.342 e. The van der Waals surface area contributed by atoms with E-state index in [1.54, 1.807) is 0 Å². The molecule has 0 aliphatic carbocycles. The molecule has 0 atom stereocenters. The fourth-order valence-electron chi connectivity index (χ4n) is 2.31. The average Bonchev–Trinajstić information content (AvgIpc) is 2.61. The highest BCUT2D eigenvalue weighted by Crippen LogP contribution is 2.22. The minimum absolute atomic E-state index is 0.111. The first kappa shape index (κ1) is 20.3. The van der Waals surface area contributed by atoms with Crippen LogP contribution in [0.15, 0.2) is 36.4 Å². The van der Waals surface area contributed by atoms with E-state index in [2.05, 4.69) is 10.6 Å². The maximum absolute atomic E-state index is 12.0. The number of phenols is 1. The summed E-state index contributed by atoms with van der Waals surface area (Å²) < 4.78 is 4.81. The van der Waals surface area contributed by atoms with E-state index in [1.165, 1.54) is 18.2 Å². The molecule has 3 N–H and O–H groups in total. The number of hydrogen-bond donors (Lipinski definition) is 3. The van der Waals surface area contributed by atoms with E-state index in [1.807, 2.05) is 32.0 Å². The molecule has 0 saturated carbocycles. The Balaban J connectivity index is 1.80. The number of halogens is 1. The summed E-state index contributed by atoms with van der Waals surface area (Å²) in [6.45, 7) is 2.88. The number of aromatic hydroxyl groups is 1. The summed E-state index contributed by atoms with van der Waals surface area (Å²) in [7, 11) is 0. The third kappa shape index (κ3) is 5.72. The average molecular weight is 391 g/mol. The highest BCUT2D eigenvalue weighted by molar-refractivity contribution is 6.30. The number of hydrogen-bond acceptors (Lipinski definition) is 5. The predicted molar refractivity (Wildman–Crippen MR) is 101 cm³/mol. The summed E-state index contributed by atoms with van der Waals surface area (Å²) in [6.07, 6.45) is 0. The molecule has 0 heterocycles. The van der Waals surface area contributed by atoms with Crippen LogP contribution < -0.4 is 10.6 Å². The predicted octanol–water partition coefficient (Wildman–Crippen LogP) is 2.57. The molecule has 2 rings (SSSR count). The molecule has 142 valence electrons. The molecular formula is C19H19ClN2O5. The van der Waals surface area contributed by atoms with Crippen molar-refractivity contribution < 1.29 is 24.2 Å². The first-order valence-corrected chi connectivity index (χ1v) is 8.44. The standard InChI is InChI=1S/C19H19ClN2O5/c1-11-4-3-5-12(2)18(11)22-16(24)9-21-17(25)10-27-19(26)14-7-6-13(20)8-15(14)23/h3-8,23H,9-10H2,1-2H3,(H,21,25)(H,22,24). The molecule has 0 aliphatic heterocycles. The van der Waals surface area contributed by atoms with Gasteiger partial charge in [0.15, 0.2) is 6.61 Å². The first-order chi connectivity index (χ1) is 12.8. The Bertz CT molecular complexity index is 862. The topological polar surface area (TPSA) is 105 Å². The summed E-state index contributed by atoms with van der Waals surface area (Å²) in [6, 6.07) is 9.51. The zero-order valence-corrected chi connectivity index (χ0v) is 15.6. The maximum atomic E-state index is 12.0. The van der Waals surface area contributed by atoms with E-state index < -0.39 is 24.4 Å². The van der Waals surface area contributed by atoms with Crippen LogP contribution in [0.3, 0.4) is 0 Å². The lowest BCUT2D eigenvalue weighted by molar-refractivity contribution is -0.126. The Hall–Kier alpha value is -3.06. The molecule has 0 aliphatic rings. The van der Waals surface area contributed by atoms with Crippen molar-refractivity contribution in [1.82, 2.24) is 5.32 Å². The summed E-state index contributed by atoms with van der Waals surface area (Å²) in [4.78, 5) is 35.6. The van der Waals surface area contributed by atoms with Crippen molar-refractivity contribution in [3.05, 3.63) is 58.1 Å². The van der Waals surface area contributed by atoms with Gasteiger partial charge in [-0.05, 0) is 43.2 Å². The number of benzene rings is 2. The minimum atomic E-state index is -0.876. The van der Waals surface area contributed by atoms with Gasteiger partial charge < -0.3 is 20.5 Å². The summed E-state index contributed by atoms with van der Waals surface area (Å²) in [5.74, 6) is -2.27. The number of esters is 1. The van der Waals surface area contributed by atoms with E-state index in [4.69, 9.17) is 16.3 Å². The number of para-hydroxylation sites is 1. The van der Waals surface area contributed by atoms with Crippen LogP contribution in [0.25, 0.3) is 0 Å². The van der Waals surface area contributed by atoms with Gasteiger partial charge in [0, 0.05) is 10.7 Å². The van der Waals surface area contributed by atoms with Crippen LogP contribution in [0.5, 0.6) is 5.75 Å². The van der Waals surface area contributed by atoms with E-state index in [0.29, 0.717) is 5.69 Å². The number of phenolic OH excluding ortho intramolecular Hbond substituents is 1. The Kier molecular flexibility index (Phi) is 6.79. The fourth-order valence-corrected chi connectivity index (χ4v) is 2.48. The van der Waals surface area contributed by atoms with Gasteiger partial charge in [-0.25, -0.2) is 4.79 Å². The van der Waals surface area contributed by atoms with Crippen LogP contribution in [0.4, 0.5) is 5.69 Å². The van der Waals surface area contributed by atoms with Crippen LogP contribution in [-0.2, 0) is 14.3 Å². The highest BCUT2D eigenvalue weighted by Gasteiger charge is 2.15. The number of ether oxygens (including phenoxy) is 1. The molecule has 0 spiro atoms. The number of anilines is 1. The van der Waals surface area contributed by atoms with Crippen LogP contribution in [0, 0.1) is 13.8 Å². The van der Waals surface area contributed by atoms with Gasteiger partial charge in [-0.3, -0.25) is 9.59 Å². The molecule has 2 amide bonds. The maximum Gasteiger partial charge on any atom is 0.342 e. The molecule has 0 bridgehead atoms. The molecule has 8 heteroatoms. The normalized spacial score (nSPS) is 10.2. The van der Waals surface area contributed by atoms with Gasteiger partial charge in [0.25, 0.3) is 5.91 Å². The second-order valence-corrected chi connectivity index (χ2v) is 6.27. The zero-order valence-electron chi connectivity index (χ0n) is 14.8. The van der Waals surface area contributed by atoms with Crippen LogP contribution in [0.2, 0.25) is 5.02 Å². The first-order valence-electron chi connectivity index (χ1n) is 8.06. The monoisotopic (exact) mass is 390 g/mol. The lowest BCUT2D eigenvalue weighted by atomic mass is 10.1. The quantitative estimate of drug-likeness (QED) is 0.657. The lowest BCUT2D eigenvalue weighted by Gasteiger charge is -2.12. The van der Waals surface area contributed by atoms with Crippen LogP contribution >= 0.6 is 11.6 Å². The van der Waals surface area contributed by atoms with E-state index in [9.17, 15) is 19.5 Å². The number of rotatable bonds is 6. The van der Waals surface area contributed by atoms with Crippen molar-refractivity contribution in [2.75, 3.05) is 18.5 Å². The van der Waals surface area contributed by atoms with Crippen molar-refractivity contribution in [2.24, 2.45) is 0 Å². The fraction of sp³-hybridized carbons (Fsp3) is 0.211. The van der Waals surface area contributed by atoms with Crippen molar-refractivity contribution in [3.63, 3.8) is 0 Å². The van der Waals surface area contributed by atoms with Gasteiger partial charge in [0.2, 0.25) is 5.91 Å². The Morgan fingerprint density at radius 2 is 1.74 bits per heavy atom. The van der Waals surface area contributed by atoms with E-state index in [-0.39, 0.29) is 22.9 Å². The molecule has 0 fully saturated rings. The van der Waals surface area contributed by atoms with Gasteiger partial charge in [-0.2, -0.15) is 0 Å². The molecule has 0 radical (unpaired) electrons. The molecular weight excluding hydrogens is 372 g/mol. The number of carbonyl (C=O) groups excluding carboxylic acids is 3. The minimum Gasteiger partial charge on any atom is -0.507 e. The molecule has 7 nitrogen and oxygen atoms in total. The van der Waals surface area contributed by atoms with Crippen LogP contribution in [0.1, 0.15) is 21.5 Å². The number of carbonyl (C=O) groups is 3. The number of amides is 2.